The van der Waals surface area contributed by atoms with E-state index < -0.39 is 0 Å². The van der Waals surface area contributed by atoms with Crippen LogP contribution in [0.15, 0.2) is 23.1 Å². The van der Waals surface area contributed by atoms with Crippen LogP contribution in [-0.4, -0.2) is 37.3 Å². The highest BCUT2D eigenvalue weighted by molar-refractivity contribution is 8.18. The fourth-order valence-electron chi connectivity index (χ4n) is 1.64. The van der Waals surface area contributed by atoms with Crippen molar-refractivity contribution in [1.82, 2.24) is 4.90 Å². The number of hydrogen-bond acceptors (Lipinski definition) is 5. The number of likely N-dealkylation sites (N-methyl/N-ethyl adjacent to an activating group) is 1. The average Bonchev–Trinajstić information content (AvgIpc) is 2.66. The van der Waals surface area contributed by atoms with Crippen molar-refractivity contribution in [2.45, 2.75) is 0 Å². The first-order valence-corrected chi connectivity index (χ1v) is 6.32. The second-order valence-electron chi connectivity index (χ2n) is 3.85. The van der Waals surface area contributed by atoms with E-state index in [4.69, 9.17) is 9.47 Å². The van der Waals surface area contributed by atoms with Gasteiger partial charge in [-0.15, -0.1) is 0 Å². The molecule has 1 aromatic carbocycles. The smallest absolute Gasteiger partial charge is 0.293 e. The van der Waals surface area contributed by atoms with Gasteiger partial charge in [-0.2, -0.15) is 0 Å². The Morgan fingerprint density at radius 3 is 2.47 bits per heavy atom. The van der Waals surface area contributed by atoms with Gasteiger partial charge < -0.3 is 9.47 Å². The fraction of sp³-hybridized carbons (Fsp3) is 0.231. The molecule has 2 rings (SSSR count). The topological polar surface area (TPSA) is 55.8 Å². The summed E-state index contributed by atoms with van der Waals surface area (Å²) in [6.45, 7) is 0. The van der Waals surface area contributed by atoms with Crippen molar-refractivity contribution in [3.05, 3.63) is 28.7 Å². The van der Waals surface area contributed by atoms with Crippen LogP contribution in [0, 0.1) is 0 Å². The van der Waals surface area contributed by atoms with Gasteiger partial charge in [0.2, 0.25) is 0 Å². The van der Waals surface area contributed by atoms with Crippen molar-refractivity contribution in [3.8, 4) is 11.5 Å². The summed E-state index contributed by atoms with van der Waals surface area (Å²) in [6.07, 6.45) is 1.63. The number of benzene rings is 1. The first-order valence-electron chi connectivity index (χ1n) is 5.50. The largest absolute Gasteiger partial charge is 0.497 e. The zero-order valence-electron chi connectivity index (χ0n) is 10.8. The molecule has 0 N–H and O–H groups in total. The van der Waals surface area contributed by atoms with Crippen molar-refractivity contribution < 1.29 is 19.1 Å². The van der Waals surface area contributed by atoms with E-state index in [-0.39, 0.29) is 11.1 Å². The summed E-state index contributed by atoms with van der Waals surface area (Å²) in [6, 6.07) is 5.27. The van der Waals surface area contributed by atoms with Crippen LogP contribution < -0.4 is 9.47 Å². The molecule has 19 heavy (non-hydrogen) atoms. The summed E-state index contributed by atoms with van der Waals surface area (Å²) in [4.78, 5) is 24.7. The third-order valence-corrected chi connectivity index (χ3v) is 3.67. The van der Waals surface area contributed by atoms with Crippen LogP contribution in [0.2, 0.25) is 0 Å². The summed E-state index contributed by atoms with van der Waals surface area (Å²) in [7, 11) is 4.57. The standard InChI is InChI=1S/C13H13NO4S/c1-14-12(15)11(19-13(14)16)7-8-6-9(17-2)4-5-10(8)18-3/h4-7H,1-3H3/b11-7-. The van der Waals surface area contributed by atoms with Crippen LogP contribution in [0.5, 0.6) is 11.5 Å². The Labute approximate surface area is 115 Å². The van der Waals surface area contributed by atoms with Crippen molar-refractivity contribution in [3.63, 3.8) is 0 Å². The minimum atomic E-state index is -0.306. The number of nitrogens with zero attached hydrogens (tertiary/aromatic N) is 1. The van der Waals surface area contributed by atoms with E-state index in [0.29, 0.717) is 22.0 Å². The van der Waals surface area contributed by atoms with Crippen LogP contribution in [0.3, 0.4) is 0 Å². The van der Waals surface area contributed by atoms with Crippen molar-refractivity contribution in [2.75, 3.05) is 21.3 Å². The molecule has 1 fully saturated rings. The van der Waals surface area contributed by atoms with Crippen molar-refractivity contribution in [1.29, 1.82) is 0 Å². The number of amides is 2. The zero-order chi connectivity index (χ0) is 14.0. The third kappa shape index (κ3) is 2.58. The SMILES string of the molecule is COc1ccc(OC)c(/C=C2\SC(=O)N(C)C2=O)c1. The minimum Gasteiger partial charge on any atom is -0.497 e. The molecule has 0 radical (unpaired) electrons. The molecule has 0 bridgehead atoms. The minimum absolute atomic E-state index is 0.280. The van der Waals surface area contributed by atoms with E-state index in [0.717, 1.165) is 16.7 Å². The number of carbonyl (C=O) groups is 2. The summed E-state index contributed by atoms with van der Waals surface area (Å²) in [5, 5.41) is -0.280. The van der Waals surface area contributed by atoms with Gasteiger partial charge in [-0.05, 0) is 36.0 Å². The normalized spacial score (nSPS) is 17.2. The van der Waals surface area contributed by atoms with Crippen LogP contribution in [-0.2, 0) is 4.79 Å². The molecule has 1 aliphatic heterocycles. The number of rotatable bonds is 3. The number of methoxy groups -OCH3 is 2. The molecule has 0 unspecified atom stereocenters. The lowest BCUT2D eigenvalue weighted by molar-refractivity contribution is -0.121. The van der Waals surface area contributed by atoms with Gasteiger partial charge in [0.25, 0.3) is 11.1 Å². The Kier molecular flexibility index (Phi) is 3.80. The van der Waals surface area contributed by atoms with Gasteiger partial charge in [0.1, 0.15) is 11.5 Å². The lowest BCUT2D eigenvalue weighted by Crippen LogP contribution is -2.22. The lowest BCUT2D eigenvalue weighted by atomic mass is 10.1. The van der Waals surface area contributed by atoms with E-state index in [1.54, 1.807) is 38.5 Å². The average molecular weight is 279 g/mol. The molecule has 1 aliphatic rings. The molecule has 1 heterocycles. The van der Waals surface area contributed by atoms with Gasteiger partial charge in [0.05, 0.1) is 19.1 Å². The second-order valence-corrected chi connectivity index (χ2v) is 4.84. The summed E-state index contributed by atoms with van der Waals surface area (Å²) >= 11 is 0.911. The maximum atomic E-state index is 11.8. The number of carbonyl (C=O) groups excluding carboxylic acids is 2. The Morgan fingerprint density at radius 1 is 1.21 bits per heavy atom. The molecule has 1 aromatic rings. The van der Waals surface area contributed by atoms with E-state index >= 15 is 0 Å². The van der Waals surface area contributed by atoms with E-state index in [1.807, 2.05) is 0 Å². The highest BCUT2D eigenvalue weighted by atomic mass is 32.2. The maximum absolute atomic E-state index is 11.8. The summed E-state index contributed by atoms with van der Waals surface area (Å²) < 4.78 is 10.4. The Bertz CT molecular complexity index is 568. The number of ether oxygens (including phenoxy) is 2. The molecule has 0 spiro atoms. The molecule has 6 heteroatoms. The molecule has 0 atom stereocenters. The maximum Gasteiger partial charge on any atom is 0.293 e. The Balaban J connectivity index is 2.42. The molecular weight excluding hydrogens is 266 g/mol. The molecule has 2 amide bonds. The zero-order valence-corrected chi connectivity index (χ0v) is 11.6. The molecule has 5 nitrogen and oxygen atoms in total. The molecular formula is C13H13NO4S. The van der Waals surface area contributed by atoms with Gasteiger partial charge in [0.15, 0.2) is 0 Å². The van der Waals surface area contributed by atoms with Gasteiger partial charge >= 0.3 is 0 Å². The van der Waals surface area contributed by atoms with Crippen LogP contribution >= 0.6 is 11.8 Å². The lowest BCUT2D eigenvalue weighted by Gasteiger charge is -2.07. The Morgan fingerprint density at radius 2 is 1.95 bits per heavy atom. The number of imide groups is 1. The van der Waals surface area contributed by atoms with E-state index in [1.165, 1.54) is 7.05 Å². The molecule has 0 saturated carbocycles. The van der Waals surface area contributed by atoms with Crippen molar-refractivity contribution >= 4 is 29.0 Å². The van der Waals surface area contributed by atoms with Gasteiger partial charge in [-0.25, -0.2) is 0 Å². The monoisotopic (exact) mass is 279 g/mol. The van der Waals surface area contributed by atoms with Gasteiger partial charge in [0, 0.05) is 12.6 Å². The van der Waals surface area contributed by atoms with Crippen molar-refractivity contribution in [2.24, 2.45) is 0 Å². The highest BCUT2D eigenvalue weighted by Crippen LogP contribution is 2.34. The number of thioether (sulfide) groups is 1. The molecule has 1 saturated heterocycles. The first kappa shape index (κ1) is 13.5. The summed E-state index contributed by atoms with van der Waals surface area (Å²) in [5.41, 5.74) is 0.695. The van der Waals surface area contributed by atoms with Gasteiger partial charge in [-0.3, -0.25) is 14.5 Å². The van der Waals surface area contributed by atoms with Crippen LogP contribution in [0.4, 0.5) is 4.79 Å². The van der Waals surface area contributed by atoms with E-state index in [2.05, 4.69) is 0 Å². The predicted molar refractivity (Wildman–Crippen MR) is 73.3 cm³/mol. The molecule has 0 aliphatic carbocycles. The van der Waals surface area contributed by atoms with E-state index in [9.17, 15) is 9.59 Å². The predicted octanol–water partition coefficient (Wildman–Crippen LogP) is 2.37. The third-order valence-electron chi connectivity index (χ3n) is 2.71. The molecule has 100 valence electrons. The van der Waals surface area contributed by atoms with Gasteiger partial charge in [-0.1, -0.05) is 0 Å². The number of hydrogen-bond donors (Lipinski definition) is 0. The fourth-order valence-corrected chi connectivity index (χ4v) is 2.46. The second kappa shape index (κ2) is 5.36. The molecule has 0 aromatic heterocycles. The van der Waals surface area contributed by atoms with Crippen LogP contribution in [0.25, 0.3) is 6.08 Å². The Hall–Kier alpha value is -1.95. The first-order chi connectivity index (χ1) is 9.06. The summed E-state index contributed by atoms with van der Waals surface area (Å²) in [5.74, 6) is 0.964. The van der Waals surface area contributed by atoms with Crippen LogP contribution in [0.1, 0.15) is 5.56 Å². The quantitative estimate of drug-likeness (QED) is 0.795. The highest BCUT2D eigenvalue weighted by Gasteiger charge is 2.32.